The third kappa shape index (κ3) is 3.29. The molecule has 114 valence electrons. The number of hydrogen-bond acceptors (Lipinski definition) is 4. The minimum absolute atomic E-state index is 0.0687. The van der Waals surface area contributed by atoms with Crippen molar-refractivity contribution in [2.75, 3.05) is 5.32 Å². The maximum Gasteiger partial charge on any atom is 0.276 e. The molecule has 0 aliphatic heterocycles. The topological polar surface area (TPSA) is 92.5 Å². The van der Waals surface area contributed by atoms with Crippen LogP contribution >= 0.6 is 23.2 Å². The molecule has 0 spiro atoms. The first-order chi connectivity index (χ1) is 10.3. The lowest BCUT2D eigenvalue weighted by atomic mass is 10.1. The van der Waals surface area contributed by atoms with Crippen LogP contribution in [0.3, 0.4) is 0 Å². The molecule has 0 aromatic heterocycles. The average Bonchev–Trinajstić information content (AvgIpc) is 2.45. The molecule has 0 radical (unpaired) electrons. The quantitative estimate of drug-likeness (QED) is 0.498. The van der Waals surface area contributed by atoms with E-state index in [0.717, 1.165) is 6.07 Å². The molecule has 0 saturated carbocycles. The van der Waals surface area contributed by atoms with Crippen molar-refractivity contribution in [2.45, 2.75) is 6.92 Å². The van der Waals surface area contributed by atoms with Gasteiger partial charge in [-0.25, -0.2) is 0 Å². The van der Waals surface area contributed by atoms with Crippen molar-refractivity contribution in [1.29, 1.82) is 0 Å². The fourth-order valence-corrected chi connectivity index (χ4v) is 2.11. The van der Waals surface area contributed by atoms with Crippen LogP contribution in [0.4, 0.5) is 11.4 Å². The maximum atomic E-state index is 12.1. The number of aryl methyl sites for hydroxylation is 1. The molecule has 0 atom stereocenters. The number of hydrogen-bond donors (Lipinski definition) is 2. The Bertz CT molecular complexity index is 778. The van der Waals surface area contributed by atoms with Gasteiger partial charge in [0.2, 0.25) is 0 Å². The van der Waals surface area contributed by atoms with Crippen molar-refractivity contribution in [3.8, 4) is 5.75 Å². The minimum atomic E-state index is -0.611. The van der Waals surface area contributed by atoms with E-state index in [1.165, 1.54) is 31.2 Å². The molecule has 2 N–H and O–H groups in total. The van der Waals surface area contributed by atoms with Crippen molar-refractivity contribution < 1.29 is 14.8 Å². The zero-order chi connectivity index (χ0) is 16.4. The first-order valence-electron chi connectivity index (χ1n) is 6.04. The largest absolute Gasteiger partial charge is 0.506 e. The van der Waals surface area contributed by atoms with Gasteiger partial charge in [0, 0.05) is 11.1 Å². The summed E-state index contributed by atoms with van der Waals surface area (Å²) in [5.41, 5.74) is 0.390. The number of amides is 1. The lowest BCUT2D eigenvalue weighted by molar-refractivity contribution is -0.385. The summed E-state index contributed by atoms with van der Waals surface area (Å²) in [6, 6.07) is 6.63. The Morgan fingerprint density at radius 2 is 1.91 bits per heavy atom. The van der Waals surface area contributed by atoms with Crippen LogP contribution in [-0.2, 0) is 0 Å². The summed E-state index contributed by atoms with van der Waals surface area (Å²) in [5, 5.41) is 23.6. The lowest BCUT2D eigenvalue weighted by Crippen LogP contribution is -2.12. The molecular formula is C14H10Cl2N2O4. The van der Waals surface area contributed by atoms with E-state index in [0.29, 0.717) is 10.6 Å². The van der Waals surface area contributed by atoms with Crippen molar-refractivity contribution in [3.05, 3.63) is 61.6 Å². The zero-order valence-corrected chi connectivity index (χ0v) is 12.8. The van der Waals surface area contributed by atoms with Gasteiger partial charge in [0.15, 0.2) is 0 Å². The van der Waals surface area contributed by atoms with E-state index in [1.807, 2.05) is 0 Å². The van der Waals surface area contributed by atoms with E-state index >= 15 is 0 Å². The summed E-state index contributed by atoms with van der Waals surface area (Å²) in [6.45, 7) is 1.51. The molecule has 1 amide bonds. The van der Waals surface area contributed by atoms with Crippen molar-refractivity contribution in [3.63, 3.8) is 0 Å². The molecule has 2 rings (SSSR count). The third-order valence-corrected chi connectivity index (χ3v) is 3.68. The summed E-state index contributed by atoms with van der Waals surface area (Å²) in [4.78, 5) is 22.3. The maximum absolute atomic E-state index is 12.1. The number of phenolic OH excluding ortho intramolecular Hbond substituents is 1. The van der Waals surface area contributed by atoms with Gasteiger partial charge in [-0.15, -0.1) is 0 Å². The van der Waals surface area contributed by atoms with Crippen LogP contribution in [-0.4, -0.2) is 15.9 Å². The van der Waals surface area contributed by atoms with E-state index in [4.69, 9.17) is 23.2 Å². The van der Waals surface area contributed by atoms with E-state index in [-0.39, 0.29) is 22.0 Å². The summed E-state index contributed by atoms with van der Waals surface area (Å²) in [6.07, 6.45) is 0. The SMILES string of the molecule is Cc1cc(NC(=O)c2ccc(Cl)c(Cl)c2)c(O)cc1[N+](=O)[O-]. The van der Waals surface area contributed by atoms with Crippen molar-refractivity contribution in [2.24, 2.45) is 0 Å². The highest BCUT2D eigenvalue weighted by molar-refractivity contribution is 6.42. The van der Waals surface area contributed by atoms with Crippen molar-refractivity contribution >= 4 is 40.5 Å². The predicted molar refractivity (Wildman–Crippen MR) is 83.9 cm³/mol. The van der Waals surface area contributed by atoms with Gasteiger partial charge in [-0.2, -0.15) is 0 Å². The third-order valence-electron chi connectivity index (χ3n) is 2.94. The molecule has 0 unspecified atom stereocenters. The van der Waals surface area contributed by atoms with E-state index in [2.05, 4.69) is 5.32 Å². The molecule has 0 fully saturated rings. The first-order valence-corrected chi connectivity index (χ1v) is 6.79. The molecular weight excluding hydrogens is 331 g/mol. The van der Waals surface area contributed by atoms with Gasteiger partial charge in [0.1, 0.15) is 5.75 Å². The molecule has 0 heterocycles. The van der Waals surface area contributed by atoms with Crippen LogP contribution in [0.25, 0.3) is 0 Å². The smallest absolute Gasteiger partial charge is 0.276 e. The number of nitrogens with one attached hydrogen (secondary N) is 1. The van der Waals surface area contributed by atoms with Gasteiger partial charge in [-0.3, -0.25) is 14.9 Å². The minimum Gasteiger partial charge on any atom is -0.506 e. The highest BCUT2D eigenvalue weighted by atomic mass is 35.5. The summed E-state index contributed by atoms with van der Waals surface area (Å²) in [5.74, 6) is -0.923. The van der Waals surface area contributed by atoms with Crippen LogP contribution < -0.4 is 5.32 Å². The molecule has 0 bridgehead atoms. The molecule has 2 aromatic rings. The molecule has 0 aliphatic carbocycles. The number of benzene rings is 2. The van der Waals surface area contributed by atoms with Crippen molar-refractivity contribution in [1.82, 2.24) is 0 Å². The number of carbonyl (C=O) groups is 1. The van der Waals surface area contributed by atoms with Crippen LogP contribution in [0.2, 0.25) is 10.0 Å². The second kappa shape index (κ2) is 6.21. The Hall–Kier alpha value is -2.31. The van der Waals surface area contributed by atoms with Crippen LogP contribution in [0.15, 0.2) is 30.3 Å². The van der Waals surface area contributed by atoms with Crippen LogP contribution in [0, 0.1) is 17.0 Å². The Kier molecular flexibility index (Phi) is 4.54. The summed E-state index contributed by atoms with van der Waals surface area (Å²) >= 11 is 11.6. The van der Waals surface area contributed by atoms with Gasteiger partial charge in [0.25, 0.3) is 11.6 Å². The highest BCUT2D eigenvalue weighted by Crippen LogP contribution is 2.32. The number of nitro groups is 1. The Balaban J connectivity index is 2.30. The van der Waals surface area contributed by atoms with Gasteiger partial charge in [-0.05, 0) is 31.2 Å². The zero-order valence-electron chi connectivity index (χ0n) is 11.3. The average molecular weight is 341 g/mol. The monoisotopic (exact) mass is 340 g/mol. The van der Waals surface area contributed by atoms with E-state index in [1.54, 1.807) is 0 Å². The molecule has 0 saturated heterocycles. The second-order valence-corrected chi connectivity index (χ2v) is 5.31. The second-order valence-electron chi connectivity index (χ2n) is 4.50. The fraction of sp³-hybridized carbons (Fsp3) is 0.0714. The molecule has 6 nitrogen and oxygen atoms in total. The van der Waals surface area contributed by atoms with Gasteiger partial charge >= 0.3 is 0 Å². The first kappa shape index (κ1) is 16.1. The van der Waals surface area contributed by atoms with Crippen LogP contribution in [0.5, 0.6) is 5.75 Å². The highest BCUT2D eigenvalue weighted by Gasteiger charge is 2.17. The predicted octanol–water partition coefficient (Wildman–Crippen LogP) is 4.17. The van der Waals surface area contributed by atoms with Gasteiger partial charge < -0.3 is 10.4 Å². The Morgan fingerprint density at radius 3 is 2.50 bits per heavy atom. The number of carbonyl (C=O) groups excluding carboxylic acids is 1. The summed E-state index contributed by atoms with van der Waals surface area (Å²) < 4.78 is 0. The number of anilines is 1. The fourth-order valence-electron chi connectivity index (χ4n) is 1.81. The Labute approximate surface area is 135 Å². The summed E-state index contributed by atoms with van der Waals surface area (Å²) in [7, 11) is 0. The number of aromatic hydroxyl groups is 1. The molecule has 22 heavy (non-hydrogen) atoms. The molecule has 0 aliphatic rings. The number of rotatable bonds is 3. The molecule has 2 aromatic carbocycles. The van der Waals surface area contributed by atoms with Gasteiger partial charge in [-0.1, -0.05) is 23.2 Å². The number of phenols is 1. The van der Waals surface area contributed by atoms with Gasteiger partial charge in [0.05, 0.1) is 26.7 Å². The Morgan fingerprint density at radius 1 is 1.23 bits per heavy atom. The number of halogens is 2. The van der Waals surface area contributed by atoms with E-state index < -0.39 is 16.6 Å². The standard InChI is InChI=1S/C14H10Cl2N2O4/c1-7-4-11(13(19)6-12(7)18(21)22)17-14(20)8-2-3-9(15)10(16)5-8/h2-6,19H,1H3,(H,17,20). The van der Waals surface area contributed by atoms with E-state index in [9.17, 15) is 20.0 Å². The number of nitrogens with zero attached hydrogens (tertiary/aromatic N) is 1. The van der Waals surface area contributed by atoms with Crippen LogP contribution in [0.1, 0.15) is 15.9 Å². The molecule has 8 heteroatoms. The lowest BCUT2D eigenvalue weighted by Gasteiger charge is -2.09. The normalized spacial score (nSPS) is 10.3. The number of nitro benzene ring substituents is 1.